The van der Waals surface area contributed by atoms with Crippen molar-refractivity contribution in [1.82, 2.24) is 0 Å². The lowest BCUT2D eigenvalue weighted by molar-refractivity contribution is 0.0963. The van der Waals surface area contributed by atoms with E-state index < -0.39 is 6.04 Å². The topological polar surface area (TPSA) is 43.1 Å². The van der Waals surface area contributed by atoms with E-state index in [1.807, 2.05) is 5.38 Å². The van der Waals surface area contributed by atoms with Crippen molar-refractivity contribution < 1.29 is 4.79 Å². The molecular weight excluding hydrogens is 170 g/mol. The fraction of sp³-hybridized carbons (Fsp3) is 0.222. The molecule has 0 aliphatic rings. The van der Waals surface area contributed by atoms with Gasteiger partial charge in [-0.2, -0.15) is 11.3 Å². The first-order valence-electron chi connectivity index (χ1n) is 3.51. The highest BCUT2D eigenvalue weighted by molar-refractivity contribution is 7.08. The van der Waals surface area contributed by atoms with E-state index in [1.165, 1.54) is 11.3 Å². The van der Waals surface area contributed by atoms with Gasteiger partial charge < -0.3 is 5.73 Å². The Balaban J connectivity index is 2.67. The van der Waals surface area contributed by atoms with Gasteiger partial charge in [0, 0.05) is 17.4 Å². The average molecular weight is 179 g/mol. The molecule has 0 fully saturated rings. The summed E-state index contributed by atoms with van der Waals surface area (Å²) in [5, 5.41) is 3.62. The number of hydrogen-bond donors (Lipinski definition) is 1. The highest BCUT2D eigenvalue weighted by Crippen LogP contribution is 2.09. The Bertz CT molecular complexity index is 297. The molecule has 0 aliphatic carbocycles. The van der Waals surface area contributed by atoms with Gasteiger partial charge in [0.2, 0.25) is 0 Å². The fourth-order valence-electron chi connectivity index (χ4n) is 0.838. The number of terminal acetylenes is 1. The third-order valence-corrected chi connectivity index (χ3v) is 2.16. The summed E-state index contributed by atoms with van der Waals surface area (Å²) in [5.74, 6) is 2.29. The van der Waals surface area contributed by atoms with Crippen LogP contribution in [0.2, 0.25) is 0 Å². The Kier molecular flexibility index (Phi) is 3.03. The summed E-state index contributed by atoms with van der Waals surface area (Å²) in [7, 11) is 0. The van der Waals surface area contributed by atoms with Gasteiger partial charge in [-0.3, -0.25) is 4.79 Å². The summed E-state index contributed by atoms with van der Waals surface area (Å²) in [4.78, 5) is 11.4. The lowest BCUT2D eigenvalue weighted by Crippen LogP contribution is -2.29. The normalized spacial score (nSPS) is 12.0. The van der Waals surface area contributed by atoms with Crippen molar-refractivity contribution >= 4 is 17.1 Å². The van der Waals surface area contributed by atoms with Crippen LogP contribution in [0.1, 0.15) is 16.8 Å². The molecule has 1 aromatic heterocycles. The van der Waals surface area contributed by atoms with Crippen molar-refractivity contribution in [2.75, 3.05) is 0 Å². The fourth-order valence-corrected chi connectivity index (χ4v) is 1.48. The smallest absolute Gasteiger partial charge is 0.181 e. The van der Waals surface area contributed by atoms with Crippen LogP contribution >= 0.6 is 11.3 Å². The molecule has 12 heavy (non-hydrogen) atoms. The summed E-state index contributed by atoms with van der Waals surface area (Å²) < 4.78 is 0. The number of carbonyl (C=O) groups is 1. The molecule has 3 heteroatoms. The molecule has 0 saturated heterocycles. The van der Waals surface area contributed by atoms with E-state index >= 15 is 0 Å². The van der Waals surface area contributed by atoms with Crippen LogP contribution in [0.25, 0.3) is 0 Å². The standard InChI is InChI=1S/C9H9NOS/c1-2-3-8(10)9(11)7-4-5-12-6-7/h1,4-6,8H,3,10H2. The van der Waals surface area contributed by atoms with Gasteiger partial charge in [0.05, 0.1) is 6.04 Å². The molecule has 1 atom stereocenters. The van der Waals surface area contributed by atoms with Crippen molar-refractivity contribution in [2.24, 2.45) is 5.73 Å². The molecule has 62 valence electrons. The SMILES string of the molecule is C#CCC(N)C(=O)c1ccsc1. The van der Waals surface area contributed by atoms with Gasteiger partial charge in [0.25, 0.3) is 0 Å². The monoisotopic (exact) mass is 179 g/mol. The van der Waals surface area contributed by atoms with Crippen LogP contribution in [0.4, 0.5) is 0 Å². The van der Waals surface area contributed by atoms with E-state index in [2.05, 4.69) is 5.92 Å². The maximum atomic E-state index is 11.4. The van der Waals surface area contributed by atoms with Crippen LogP contribution in [-0.2, 0) is 0 Å². The summed E-state index contributed by atoms with van der Waals surface area (Å²) in [6.45, 7) is 0. The van der Waals surface area contributed by atoms with Crippen molar-refractivity contribution in [1.29, 1.82) is 0 Å². The molecule has 1 aromatic rings. The second-order valence-corrected chi connectivity index (χ2v) is 3.17. The first kappa shape index (κ1) is 8.98. The van der Waals surface area contributed by atoms with Crippen LogP contribution in [0, 0.1) is 12.3 Å². The Hall–Kier alpha value is -1.11. The van der Waals surface area contributed by atoms with Crippen LogP contribution in [0.3, 0.4) is 0 Å². The molecule has 2 nitrogen and oxygen atoms in total. The lowest BCUT2D eigenvalue weighted by Gasteiger charge is -2.03. The van der Waals surface area contributed by atoms with E-state index in [9.17, 15) is 4.79 Å². The van der Waals surface area contributed by atoms with Gasteiger partial charge in [0.1, 0.15) is 0 Å². The quantitative estimate of drug-likeness (QED) is 0.561. The molecule has 1 rings (SSSR count). The largest absolute Gasteiger partial charge is 0.320 e. The van der Waals surface area contributed by atoms with Crippen LogP contribution in [-0.4, -0.2) is 11.8 Å². The van der Waals surface area contributed by atoms with Crippen molar-refractivity contribution in [3.05, 3.63) is 22.4 Å². The minimum atomic E-state index is -0.551. The Morgan fingerprint density at radius 1 is 1.83 bits per heavy atom. The minimum Gasteiger partial charge on any atom is -0.320 e. The molecule has 0 saturated carbocycles. The van der Waals surface area contributed by atoms with Crippen molar-refractivity contribution in [3.8, 4) is 12.3 Å². The van der Waals surface area contributed by atoms with Crippen LogP contribution in [0.5, 0.6) is 0 Å². The maximum Gasteiger partial charge on any atom is 0.181 e. The van der Waals surface area contributed by atoms with Gasteiger partial charge in [-0.1, -0.05) is 0 Å². The van der Waals surface area contributed by atoms with E-state index in [-0.39, 0.29) is 5.78 Å². The molecule has 0 aliphatic heterocycles. The molecule has 1 unspecified atom stereocenters. The highest BCUT2D eigenvalue weighted by atomic mass is 32.1. The molecular formula is C9H9NOS. The summed E-state index contributed by atoms with van der Waals surface area (Å²) >= 11 is 1.48. The number of carbonyl (C=O) groups excluding carboxylic acids is 1. The van der Waals surface area contributed by atoms with E-state index in [1.54, 1.807) is 11.4 Å². The van der Waals surface area contributed by atoms with Gasteiger partial charge in [-0.05, 0) is 11.4 Å². The number of Topliss-reactive ketones (excluding diaryl/α,β-unsaturated/α-hetero) is 1. The van der Waals surface area contributed by atoms with E-state index in [4.69, 9.17) is 12.2 Å². The molecule has 0 amide bonds. The Morgan fingerprint density at radius 3 is 3.08 bits per heavy atom. The van der Waals surface area contributed by atoms with E-state index in [0.717, 1.165) is 0 Å². The third kappa shape index (κ3) is 1.94. The minimum absolute atomic E-state index is 0.0748. The number of thiophene rings is 1. The second-order valence-electron chi connectivity index (χ2n) is 2.39. The average Bonchev–Trinajstić information content (AvgIpc) is 2.55. The van der Waals surface area contributed by atoms with Gasteiger partial charge in [0.15, 0.2) is 5.78 Å². The molecule has 2 N–H and O–H groups in total. The molecule has 0 spiro atoms. The summed E-state index contributed by atoms with van der Waals surface area (Å²) in [6.07, 6.45) is 5.34. The zero-order valence-corrected chi connectivity index (χ0v) is 7.30. The number of ketones is 1. The zero-order chi connectivity index (χ0) is 8.97. The number of nitrogens with two attached hydrogens (primary N) is 1. The molecule has 0 radical (unpaired) electrons. The lowest BCUT2D eigenvalue weighted by atomic mass is 10.1. The number of rotatable bonds is 3. The van der Waals surface area contributed by atoms with E-state index in [0.29, 0.717) is 12.0 Å². The van der Waals surface area contributed by atoms with Crippen molar-refractivity contribution in [2.45, 2.75) is 12.5 Å². The first-order chi connectivity index (χ1) is 5.75. The van der Waals surface area contributed by atoms with Crippen LogP contribution in [0.15, 0.2) is 16.8 Å². The molecule has 0 bridgehead atoms. The highest BCUT2D eigenvalue weighted by Gasteiger charge is 2.14. The zero-order valence-electron chi connectivity index (χ0n) is 6.49. The van der Waals surface area contributed by atoms with Crippen molar-refractivity contribution in [3.63, 3.8) is 0 Å². The molecule has 1 heterocycles. The Labute approximate surface area is 75.4 Å². The number of hydrogen-bond acceptors (Lipinski definition) is 3. The van der Waals surface area contributed by atoms with Crippen LogP contribution < -0.4 is 5.73 Å². The Morgan fingerprint density at radius 2 is 2.58 bits per heavy atom. The molecule has 0 aromatic carbocycles. The first-order valence-corrected chi connectivity index (χ1v) is 4.45. The van der Waals surface area contributed by atoms with Gasteiger partial charge in [-0.25, -0.2) is 0 Å². The summed E-state index contributed by atoms with van der Waals surface area (Å²) in [5.41, 5.74) is 6.19. The maximum absolute atomic E-state index is 11.4. The predicted octanol–water partition coefficient (Wildman–Crippen LogP) is 1.28. The summed E-state index contributed by atoms with van der Waals surface area (Å²) in [6, 6.07) is 1.20. The third-order valence-electron chi connectivity index (χ3n) is 1.48. The second kappa shape index (κ2) is 4.05. The predicted molar refractivity (Wildman–Crippen MR) is 50.1 cm³/mol. The van der Waals surface area contributed by atoms with Gasteiger partial charge >= 0.3 is 0 Å². The van der Waals surface area contributed by atoms with Gasteiger partial charge in [-0.15, -0.1) is 12.3 Å².